The van der Waals surface area contributed by atoms with Crippen molar-refractivity contribution in [2.75, 3.05) is 4.90 Å². The van der Waals surface area contributed by atoms with E-state index in [0.29, 0.717) is 13.1 Å². The van der Waals surface area contributed by atoms with E-state index in [9.17, 15) is 9.59 Å². The molecule has 1 aromatic heterocycles. The first-order valence-corrected chi connectivity index (χ1v) is 9.50. The summed E-state index contributed by atoms with van der Waals surface area (Å²) >= 11 is 0. The Morgan fingerprint density at radius 1 is 1.00 bits per heavy atom. The van der Waals surface area contributed by atoms with Crippen LogP contribution in [0.1, 0.15) is 23.6 Å². The van der Waals surface area contributed by atoms with Crippen LogP contribution in [0, 0.1) is 0 Å². The van der Waals surface area contributed by atoms with Crippen LogP contribution in [0.15, 0.2) is 77.7 Å². The van der Waals surface area contributed by atoms with Crippen LogP contribution in [0.2, 0.25) is 0 Å². The van der Waals surface area contributed by atoms with Crippen molar-refractivity contribution in [1.82, 2.24) is 9.88 Å². The Morgan fingerprint density at radius 3 is 2.50 bits per heavy atom. The number of para-hydroxylation sites is 1. The zero-order valence-corrected chi connectivity index (χ0v) is 15.8. The monoisotopic (exact) mass is 373 g/mol. The van der Waals surface area contributed by atoms with Crippen molar-refractivity contribution in [2.24, 2.45) is 0 Å². The fraction of sp³-hybridized carbons (Fsp3) is 0.217. The zero-order valence-electron chi connectivity index (χ0n) is 15.8. The molecule has 0 saturated carbocycles. The molecule has 1 aliphatic rings. The summed E-state index contributed by atoms with van der Waals surface area (Å²) in [6, 6.07) is 21.3. The quantitative estimate of drug-likeness (QED) is 0.760. The van der Waals surface area contributed by atoms with E-state index in [4.69, 9.17) is 0 Å². The van der Waals surface area contributed by atoms with Gasteiger partial charge in [0.1, 0.15) is 0 Å². The van der Waals surface area contributed by atoms with Gasteiger partial charge < -0.3 is 9.88 Å². The predicted octanol–water partition coefficient (Wildman–Crippen LogP) is 3.56. The molecule has 4 rings (SSSR count). The molecule has 1 atom stereocenters. The normalized spacial score (nSPS) is 15.3. The van der Waals surface area contributed by atoms with E-state index in [2.05, 4.69) is 18.3 Å². The third kappa shape index (κ3) is 3.69. The minimum absolute atomic E-state index is 0.0149. The number of aromatic nitrogens is 1. The first kappa shape index (κ1) is 18.0. The van der Waals surface area contributed by atoms with Crippen LogP contribution >= 0.6 is 0 Å². The van der Waals surface area contributed by atoms with E-state index in [1.807, 2.05) is 53.4 Å². The molecule has 2 aromatic carbocycles. The molecule has 2 amide bonds. The fourth-order valence-corrected chi connectivity index (χ4v) is 3.69. The lowest BCUT2D eigenvalue weighted by molar-refractivity contribution is 0.244. The number of hydrogen-bond donors (Lipinski definition) is 1. The van der Waals surface area contributed by atoms with Crippen molar-refractivity contribution < 1.29 is 4.79 Å². The molecule has 0 radical (unpaired) electrons. The number of amides is 2. The summed E-state index contributed by atoms with van der Waals surface area (Å²) in [4.78, 5) is 26.4. The highest BCUT2D eigenvalue weighted by atomic mass is 16.2. The molecule has 3 aromatic rings. The number of anilines is 1. The van der Waals surface area contributed by atoms with Crippen molar-refractivity contribution in [2.45, 2.75) is 32.5 Å². The molecule has 5 nitrogen and oxygen atoms in total. The van der Waals surface area contributed by atoms with Gasteiger partial charge in [-0.2, -0.15) is 0 Å². The molecule has 5 heteroatoms. The molecule has 2 heterocycles. The smallest absolute Gasteiger partial charge is 0.322 e. The summed E-state index contributed by atoms with van der Waals surface area (Å²) in [5.74, 6) is 0. The van der Waals surface area contributed by atoms with Crippen LogP contribution in [0.25, 0.3) is 0 Å². The van der Waals surface area contributed by atoms with E-state index >= 15 is 0 Å². The third-order valence-electron chi connectivity index (χ3n) is 5.14. The van der Waals surface area contributed by atoms with E-state index < -0.39 is 0 Å². The molecule has 0 saturated heterocycles. The maximum Gasteiger partial charge on any atom is 0.322 e. The number of carbonyl (C=O) groups is 1. The Morgan fingerprint density at radius 2 is 1.71 bits per heavy atom. The summed E-state index contributed by atoms with van der Waals surface area (Å²) < 4.78 is 1.67. The van der Waals surface area contributed by atoms with E-state index in [-0.39, 0.29) is 17.6 Å². The van der Waals surface area contributed by atoms with E-state index in [1.54, 1.807) is 22.9 Å². The van der Waals surface area contributed by atoms with Crippen LogP contribution in [-0.2, 0) is 19.5 Å². The largest absolute Gasteiger partial charge is 0.334 e. The lowest BCUT2D eigenvalue weighted by Gasteiger charge is -2.23. The van der Waals surface area contributed by atoms with Crippen molar-refractivity contribution >= 4 is 11.7 Å². The van der Waals surface area contributed by atoms with Gasteiger partial charge in [0.25, 0.3) is 5.56 Å². The Labute approximate surface area is 164 Å². The summed E-state index contributed by atoms with van der Waals surface area (Å²) in [5.41, 5.74) is 4.27. The van der Waals surface area contributed by atoms with Gasteiger partial charge in [0.05, 0.1) is 6.54 Å². The van der Waals surface area contributed by atoms with Crippen molar-refractivity contribution in [1.29, 1.82) is 0 Å². The summed E-state index contributed by atoms with van der Waals surface area (Å²) in [6.45, 7) is 3.07. The number of hydrogen-bond acceptors (Lipinski definition) is 2. The number of rotatable bonds is 4. The number of pyridine rings is 1. The number of benzene rings is 2. The number of fused-ring (bicyclic) bond motifs is 1. The van der Waals surface area contributed by atoms with Gasteiger partial charge in [-0.15, -0.1) is 0 Å². The number of carbonyl (C=O) groups excluding carboxylic acids is 1. The van der Waals surface area contributed by atoms with Gasteiger partial charge in [0.15, 0.2) is 0 Å². The van der Waals surface area contributed by atoms with Crippen LogP contribution in [0.3, 0.4) is 0 Å². The topological polar surface area (TPSA) is 54.3 Å². The SMILES string of the molecule is CC1Cc2ccccc2N1C(=O)NCc1ccc(Cn2ccccc2=O)cc1. The van der Waals surface area contributed by atoms with Gasteiger partial charge in [-0.25, -0.2) is 4.79 Å². The molecular formula is C23H23N3O2. The lowest BCUT2D eigenvalue weighted by Crippen LogP contribution is -2.42. The second kappa shape index (κ2) is 7.72. The van der Waals surface area contributed by atoms with Crippen LogP contribution < -0.4 is 15.8 Å². The fourth-order valence-electron chi connectivity index (χ4n) is 3.69. The van der Waals surface area contributed by atoms with Gasteiger partial charge in [0, 0.05) is 30.5 Å². The molecule has 1 unspecified atom stereocenters. The van der Waals surface area contributed by atoms with Crippen molar-refractivity contribution in [3.63, 3.8) is 0 Å². The highest BCUT2D eigenvalue weighted by molar-refractivity contribution is 5.94. The molecule has 0 spiro atoms. The first-order valence-electron chi connectivity index (χ1n) is 9.50. The second-order valence-corrected chi connectivity index (χ2v) is 7.19. The van der Waals surface area contributed by atoms with Gasteiger partial charge >= 0.3 is 6.03 Å². The van der Waals surface area contributed by atoms with Gasteiger partial charge in [0.2, 0.25) is 0 Å². The third-order valence-corrected chi connectivity index (χ3v) is 5.14. The molecule has 0 fully saturated rings. The van der Waals surface area contributed by atoms with Crippen molar-refractivity contribution in [3.05, 3.63) is 100.0 Å². The molecule has 28 heavy (non-hydrogen) atoms. The van der Waals surface area contributed by atoms with Crippen LogP contribution in [0.5, 0.6) is 0 Å². The molecule has 1 N–H and O–H groups in total. The molecule has 0 bridgehead atoms. The maximum absolute atomic E-state index is 12.7. The van der Waals surface area contributed by atoms with Crippen LogP contribution in [-0.4, -0.2) is 16.6 Å². The summed E-state index contributed by atoms with van der Waals surface area (Å²) in [5, 5.41) is 3.02. The van der Waals surface area contributed by atoms with Crippen LogP contribution in [0.4, 0.5) is 10.5 Å². The summed E-state index contributed by atoms with van der Waals surface area (Å²) in [6.07, 6.45) is 2.67. The Bertz CT molecular complexity index is 1040. The Hall–Kier alpha value is -3.34. The number of nitrogens with one attached hydrogen (secondary N) is 1. The minimum atomic E-state index is -0.0719. The van der Waals surface area contributed by atoms with E-state index in [1.165, 1.54) is 5.56 Å². The zero-order chi connectivity index (χ0) is 19.5. The first-order chi connectivity index (χ1) is 13.6. The molecular weight excluding hydrogens is 350 g/mol. The molecule has 142 valence electrons. The predicted molar refractivity (Wildman–Crippen MR) is 111 cm³/mol. The average Bonchev–Trinajstić information content (AvgIpc) is 3.05. The summed E-state index contributed by atoms with van der Waals surface area (Å²) in [7, 11) is 0. The minimum Gasteiger partial charge on any atom is -0.334 e. The second-order valence-electron chi connectivity index (χ2n) is 7.19. The number of nitrogens with zero attached hydrogens (tertiary/aromatic N) is 2. The van der Waals surface area contributed by atoms with Gasteiger partial charge in [-0.05, 0) is 42.2 Å². The van der Waals surface area contributed by atoms with Crippen molar-refractivity contribution in [3.8, 4) is 0 Å². The highest BCUT2D eigenvalue weighted by Gasteiger charge is 2.30. The molecule has 0 aliphatic carbocycles. The van der Waals surface area contributed by atoms with E-state index in [0.717, 1.165) is 23.2 Å². The Balaban J connectivity index is 1.38. The standard InChI is InChI=1S/C23H23N3O2/c1-17-14-20-6-2-3-7-21(20)26(17)23(28)24-15-18-9-11-19(12-10-18)16-25-13-5-4-8-22(25)27/h2-13,17H,14-16H2,1H3,(H,24,28). The lowest BCUT2D eigenvalue weighted by atomic mass is 10.1. The molecule has 1 aliphatic heterocycles. The number of urea groups is 1. The highest BCUT2D eigenvalue weighted by Crippen LogP contribution is 2.31. The average molecular weight is 373 g/mol. The van der Waals surface area contributed by atoms with Gasteiger partial charge in [-0.1, -0.05) is 48.5 Å². The van der Waals surface area contributed by atoms with Gasteiger partial charge in [-0.3, -0.25) is 9.69 Å². The maximum atomic E-state index is 12.7. The Kier molecular flexibility index (Phi) is 4.98.